The second kappa shape index (κ2) is 9.80. The van der Waals surface area contributed by atoms with Crippen LogP contribution in [0.15, 0.2) is 30.3 Å². The molecule has 1 fully saturated rings. The molecule has 1 saturated carbocycles. The number of carbonyl (C=O) groups is 2. The maximum atomic E-state index is 13.0. The van der Waals surface area contributed by atoms with E-state index in [1.165, 1.54) is 0 Å². The van der Waals surface area contributed by atoms with Gasteiger partial charge >= 0.3 is 0 Å². The molecule has 2 unspecified atom stereocenters. The molecule has 3 rings (SSSR count). The first-order valence-corrected chi connectivity index (χ1v) is 12.1. The number of halogens is 4. The minimum Gasteiger partial charge on any atom is -0.349 e. The predicted octanol–water partition coefficient (Wildman–Crippen LogP) is 7.05. The summed E-state index contributed by atoms with van der Waals surface area (Å²) in [6, 6.07) is 8.61. The van der Waals surface area contributed by atoms with E-state index in [4.69, 9.17) is 46.4 Å². The van der Waals surface area contributed by atoms with Crippen molar-refractivity contribution in [1.82, 2.24) is 5.32 Å². The highest BCUT2D eigenvalue weighted by molar-refractivity contribution is 6.53. The van der Waals surface area contributed by atoms with Gasteiger partial charge in [-0.1, -0.05) is 43.1 Å². The van der Waals surface area contributed by atoms with Gasteiger partial charge in [0.05, 0.1) is 16.5 Å². The highest BCUT2D eigenvalue weighted by Gasteiger charge is 2.67. The van der Waals surface area contributed by atoms with Crippen molar-refractivity contribution in [2.45, 2.75) is 56.8 Å². The summed E-state index contributed by atoms with van der Waals surface area (Å²) in [5.74, 6) is -1.64. The zero-order valence-electron chi connectivity index (χ0n) is 18.4. The molecule has 0 saturated heterocycles. The Bertz CT molecular complexity index is 1030. The molecule has 32 heavy (non-hydrogen) atoms. The van der Waals surface area contributed by atoms with Gasteiger partial charge < -0.3 is 10.6 Å². The van der Waals surface area contributed by atoms with Gasteiger partial charge in [0.25, 0.3) is 5.91 Å². The van der Waals surface area contributed by atoms with Crippen molar-refractivity contribution >= 4 is 63.9 Å². The van der Waals surface area contributed by atoms with Crippen LogP contribution in [-0.4, -0.2) is 22.2 Å². The Labute approximate surface area is 208 Å². The Hall–Kier alpha value is -1.46. The second-order valence-corrected chi connectivity index (χ2v) is 10.5. The third-order valence-electron chi connectivity index (χ3n) is 6.12. The van der Waals surface area contributed by atoms with E-state index in [1.807, 2.05) is 39.8 Å². The van der Waals surface area contributed by atoms with Gasteiger partial charge in [-0.05, 0) is 67.6 Å². The quantitative estimate of drug-likeness (QED) is 0.388. The van der Waals surface area contributed by atoms with E-state index in [1.54, 1.807) is 18.2 Å². The lowest BCUT2D eigenvalue weighted by molar-refractivity contribution is -0.117. The van der Waals surface area contributed by atoms with Crippen LogP contribution in [0, 0.1) is 19.8 Å². The van der Waals surface area contributed by atoms with Gasteiger partial charge in [-0.25, -0.2) is 0 Å². The van der Waals surface area contributed by atoms with Crippen LogP contribution in [0.25, 0.3) is 0 Å². The van der Waals surface area contributed by atoms with Crippen molar-refractivity contribution in [1.29, 1.82) is 0 Å². The summed E-state index contributed by atoms with van der Waals surface area (Å²) in [5.41, 5.74) is 3.56. The fourth-order valence-corrected chi connectivity index (χ4v) is 5.15. The number of carbonyl (C=O) groups excluding carboxylic acids is 2. The standard InChI is InChI=1S/C24H26Cl4N2O2/c1-5-15(6-2)29-22(31)17-11-16(7-8-18(17)25)30-23(32)21-20(24(21,27)28)14-9-12(3)13(4)19(26)10-14/h7-11,15,20-21H,5-6H2,1-4H3,(H,29,31)(H,30,32). The van der Waals surface area contributed by atoms with Crippen LogP contribution >= 0.6 is 46.4 Å². The number of nitrogens with one attached hydrogen (secondary N) is 2. The van der Waals surface area contributed by atoms with Crippen molar-refractivity contribution in [3.05, 3.63) is 62.6 Å². The lowest BCUT2D eigenvalue weighted by atomic mass is 10.0. The van der Waals surface area contributed by atoms with Crippen molar-refractivity contribution < 1.29 is 9.59 Å². The van der Waals surface area contributed by atoms with E-state index >= 15 is 0 Å². The molecule has 0 aliphatic heterocycles. The summed E-state index contributed by atoms with van der Waals surface area (Å²) in [5, 5.41) is 6.70. The smallest absolute Gasteiger partial charge is 0.253 e. The summed E-state index contributed by atoms with van der Waals surface area (Å²) in [7, 11) is 0. The number of alkyl halides is 2. The monoisotopic (exact) mass is 514 g/mol. The zero-order valence-corrected chi connectivity index (χ0v) is 21.4. The average molecular weight is 516 g/mol. The van der Waals surface area contributed by atoms with Crippen LogP contribution in [0.1, 0.15) is 59.7 Å². The molecule has 1 aliphatic rings. The molecule has 0 aromatic heterocycles. The Balaban J connectivity index is 1.78. The van der Waals surface area contributed by atoms with Crippen LogP contribution in [0.5, 0.6) is 0 Å². The van der Waals surface area contributed by atoms with E-state index in [2.05, 4.69) is 10.6 Å². The van der Waals surface area contributed by atoms with Gasteiger partial charge in [-0.3, -0.25) is 9.59 Å². The van der Waals surface area contributed by atoms with Gasteiger partial charge in [0, 0.05) is 22.7 Å². The van der Waals surface area contributed by atoms with Crippen LogP contribution in [-0.2, 0) is 4.79 Å². The molecule has 0 spiro atoms. The molecule has 172 valence electrons. The summed E-state index contributed by atoms with van der Waals surface area (Å²) >= 11 is 25.5. The SMILES string of the molecule is CCC(CC)NC(=O)c1cc(NC(=O)C2C(c3cc(C)c(C)c(Cl)c3)C2(Cl)Cl)ccc1Cl. The molecule has 4 nitrogen and oxygen atoms in total. The van der Waals surface area contributed by atoms with Crippen LogP contribution in [0.3, 0.4) is 0 Å². The summed E-state index contributed by atoms with van der Waals surface area (Å²) < 4.78 is -1.24. The number of rotatable bonds is 7. The first-order valence-electron chi connectivity index (χ1n) is 10.6. The maximum absolute atomic E-state index is 13.0. The van der Waals surface area contributed by atoms with Gasteiger partial charge in [0.1, 0.15) is 4.33 Å². The Kier molecular flexibility index (Phi) is 7.71. The fraction of sp³-hybridized carbons (Fsp3) is 0.417. The van der Waals surface area contributed by atoms with Crippen LogP contribution in [0.4, 0.5) is 5.69 Å². The number of anilines is 1. The summed E-state index contributed by atoms with van der Waals surface area (Å²) in [6.45, 7) is 7.90. The first-order chi connectivity index (χ1) is 15.0. The second-order valence-electron chi connectivity index (χ2n) is 8.25. The van der Waals surface area contributed by atoms with Crippen molar-refractivity contribution in [3.8, 4) is 0 Å². The average Bonchev–Trinajstić information content (AvgIpc) is 3.33. The van der Waals surface area contributed by atoms with Crippen molar-refractivity contribution in [3.63, 3.8) is 0 Å². The van der Waals surface area contributed by atoms with Crippen molar-refractivity contribution in [2.24, 2.45) is 5.92 Å². The molecule has 2 N–H and O–H groups in total. The molecule has 8 heteroatoms. The van der Waals surface area contributed by atoms with Crippen LogP contribution < -0.4 is 10.6 Å². The van der Waals surface area contributed by atoms with Gasteiger partial charge in [-0.15, -0.1) is 23.2 Å². The Morgan fingerprint density at radius 3 is 2.28 bits per heavy atom. The molecule has 0 bridgehead atoms. The number of amides is 2. The molecule has 1 aliphatic carbocycles. The number of hydrogen-bond acceptors (Lipinski definition) is 2. The fourth-order valence-electron chi connectivity index (χ4n) is 3.84. The van der Waals surface area contributed by atoms with Gasteiger partial charge in [-0.2, -0.15) is 0 Å². The van der Waals surface area contributed by atoms with Crippen LogP contribution in [0.2, 0.25) is 10.0 Å². The molecular weight excluding hydrogens is 490 g/mol. The van der Waals surface area contributed by atoms with E-state index in [-0.39, 0.29) is 23.8 Å². The number of aryl methyl sites for hydroxylation is 1. The third-order valence-corrected chi connectivity index (χ3v) is 7.78. The zero-order chi connectivity index (χ0) is 23.8. The number of benzene rings is 2. The Morgan fingerprint density at radius 2 is 1.69 bits per heavy atom. The summed E-state index contributed by atoms with van der Waals surface area (Å²) in [6.07, 6.45) is 1.63. The van der Waals surface area contributed by atoms with Gasteiger partial charge in [0.2, 0.25) is 5.91 Å². The van der Waals surface area contributed by atoms with E-state index < -0.39 is 10.3 Å². The first kappa shape index (κ1) is 25.2. The molecule has 2 amide bonds. The highest BCUT2D eigenvalue weighted by atomic mass is 35.5. The normalized spacial score (nSPS) is 19.0. The molecule has 2 aromatic carbocycles. The molecule has 0 radical (unpaired) electrons. The predicted molar refractivity (Wildman–Crippen MR) is 134 cm³/mol. The highest BCUT2D eigenvalue weighted by Crippen LogP contribution is 2.65. The third kappa shape index (κ3) is 5.04. The molecular formula is C24H26Cl4N2O2. The number of hydrogen-bond donors (Lipinski definition) is 2. The molecule has 2 aromatic rings. The summed E-state index contributed by atoms with van der Waals surface area (Å²) in [4.78, 5) is 25.6. The van der Waals surface area contributed by atoms with E-state index in [9.17, 15) is 9.59 Å². The molecule has 2 atom stereocenters. The maximum Gasteiger partial charge on any atom is 0.253 e. The lowest BCUT2D eigenvalue weighted by Crippen LogP contribution is -2.34. The molecule has 0 heterocycles. The lowest BCUT2D eigenvalue weighted by Gasteiger charge is -2.16. The van der Waals surface area contributed by atoms with Crippen molar-refractivity contribution in [2.75, 3.05) is 5.32 Å². The minimum atomic E-state index is -1.24. The Morgan fingerprint density at radius 1 is 1.03 bits per heavy atom. The largest absolute Gasteiger partial charge is 0.349 e. The minimum absolute atomic E-state index is 0.0574. The van der Waals surface area contributed by atoms with Gasteiger partial charge in [0.15, 0.2) is 0 Å². The van der Waals surface area contributed by atoms with E-state index in [0.717, 1.165) is 29.5 Å². The van der Waals surface area contributed by atoms with E-state index in [0.29, 0.717) is 21.3 Å². The topological polar surface area (TPSA) is 58.2 Å².